The van der Waals surface area contributed by atoms with Crippen molar-refractivity contribution in [3.05, 3.63) is 54.3 Å². The van der Waals surface area contributed by atoms with Crippen molar-refractivity contribution in [1.29, 1.82) is 0 Å². The van der Waals surface area contributed by atoms with E-state index in [1.807, 2.05) is 42.7 Å². The number of thioether (sulfide) groups is 1. The fourth-order valence-electron chi connectivity index (χ4n) is 1.32. The number of hydrogen-bond acceptors (Lipinski definition) is 3. The minimum Gasteiger partial charge on any atom is -0.230 e. The Labute approximate surface area is 110 Å². The Morgan fingerprint density at radius 2 is 1.76 bits per heavy atom. The van der Waals surface area contributed by atoms with E-state index in [2.05, 4.69) is 16.5 Å². The van der Waals surface area contributed by atoms with Crippen LogP contribution in [0.3, 0.4) is 0 Å². The number of halogens is 1. The summed E-state index contributed by atoms with van der Waals surface area (Å²) in [7, 11) is 0. The summed E-state index contributed by atoms with van der Waals surface area (Å²) in [4.78, 5) is 8.57. The molecule has 0 unspecified atom stereocenters. The first kappa shape index (κ1) is 12.1. The van der Waals surface area contributed by atoms with Gasteiger partial charge < -0.3 is 0 Å². The van der Waals surface area contributed by atoms with E-state index in [1.165, 1.54) is 0 Å². The summed E-state index contributed by atoms with van der Waals surface area (Å²) < 4.78 is 0. The lowest BCUT2D eigenvalue weighted by Crippen LogP contribution is -1.88. The maximum atomic E-state index is 5.84. The second kappa shape index (κ2) is 5.84. The summed E-state index contributed by atoms with van der Waals surface area (Å²) in [5.41, 5.74) is 2.05. The molecule has 17 heavy (non-hydrogen) atoms. The highest BCUT2D eigenvalue weighted by atomic mass is 35.5. The fourth-order valence-corrected chi connectivity index (χ4v) is 1.96. The second-order valence-corrected chi connectivity index (χ2v) is 4.78. The molecule has 0 saturated heterocycles. The standard InChI is InChI=1S/C13H11ClN2S/c1-2-7-17-13-15-8-11(9-16-13)10-3-5-12(14)6-4-10/h2-6,8-9H,1,7H2. The van der Waals surface area contributed by atoms with Gasteiger partial charge in [0.25, 0.3) is 0 Å². The SMILES string of the molecule is C=CCSc1ncc(-c2ccc(Cl)cc2)cn1. The molecule has 0 bridgehead atoms. The molecule has 1 aromatic carbocycles. The van der Waals surface area contributed by atoms with Crippen LogP contribution in [0.15, 0.2) is 54.5 Å². The molecule has 2 aromatic rings. The van der Waals surface area contributed by atoms with Crippen molar-refractivity contribution in [2.24, 2.45) is 0 Å². The van der Waals surface area contributed by atoms with Crippen molar-refractivity contribution in [2.45, 2.75) is 5.16 Å². The number of hydrogen-bond donors (Lipinski definition) is 0. The molecule has 86 valence electrons. The van der Waals surface area contributed by atoms with Crippen LogP contribution in [0.1, 0.15) is 0 Å². The zero-order chi connectivity index (χ0) is 12.1. The second-order valence-electron chi connectivity index (χ2n) is 3.36. The van der Waals surface area contributed by atoms with Gasteiger partial charge in [-0.15, -0.1) is 6.58 Å². The molecule has 4 heteroatoms. The van der Waals surface area contributed by atoms with Crippen molar-refractivity contribution in [3.8, 4) is 11.1 Å². The van der Waals surface area contributed by atoms with E-state index in [1.54, 1.807) is 11.8 Å². The first-order valence-corrected chi connectivity index (χ1v) is 6.47. The molecule has 0 spiro atoms. The third kappa shape index (κ3) is 3.32. The minimum absolute atomic E-state index is 0.729. The molecule has 0 N–H and O–H groups in total. The average Bonchev–Trinajstić information content (AvgIpc) is 2.38. The Hall–Kier alpha value is -1.32. The molecule has 1 heterocycles. The summed E-state index contributed by atoms with van der Waals surface area (Å²) in [5.74, 6) is 0.820. The molecular formula is C13H11ClN2S. The van der Waals surface area contributed by atoms with Gasteiger partial charge in [-0.1, -0.05) is 41.6 Å². The van der Waals surface area contributed by atoms with Crippen molar-refractivity contribution in [1.82, 2.24) is 9.97 Å². The third-order valence-corrected chi connectivity index (χ3v) is 3.26. The highest BCUT2D eigenvalue weighted by Crippen LogP contribution is 2.21. The quantitative estimate of drug-likeness (QED) is 0.472. The summed E-state index contributed by atoms with van der Waals surface area (Å²) >= 11 is 7.40. The Balaban J connectivity index is 2.17. The van der Waals surface area contributed by atoms with Crippen molar-refractivity contribution in [3.63, 3.8) is 0 Å². The van der Waals surface area contributed by atoms with Crippen molar-refractivity contribution < 1.29 is 0 Å². The van der Waals surface area contributed by atoms with Gasteiger partial charge in [-0.25, -0.2) is 9.97 Å². The molecule has 0 radical (unpaired) electrons. The van der Waals surface area contributed by atoms with Gasteiger partial charge in [0, 0.05) is 28.7 Å². The Morgan fingerprint density at radius 3 is 2.35 bits per heavy atom. The Bertz CT molecular complexity index is 494. The largest absolute Gasteiger partial charge is 0.230 e. The zero-order valence-corrected chi connectivity index (χ0v) is 10.7. The molecule has 0 aliphatic heterocycles. The minimum atomic E-state index is 0.729. The fraction of sp³-hybridized carbons (Fsp3) is 0.0769. The van der Waals surface area contributed by atoms with Crippen LogP contribution in [0.4, 0.5) is 0 Å². The van der Waals surface area contributed by atoms with Crippen LogP contribution in [-0.2, 0) is 0 Å². The van der Waals surface area contributed by atoms with Gasteiger partial charge in [-0.2, -0.15) is 0 Å². The van der Waals surface area contributed by atoms with E-state index in [0.717, 1.165) is 27.1 Å². The molecule has 0 amide bonds. The van der Waals surface area contributed by atoms with E-state index in [9.17, 15) is 0 Å². The highest BCUT2D eigenvalue weighted by molar-refractivity contribution is 7.99. The van der Waals surface area contributed by atoms with Crippen molar-refractivity contribution in [2.75, 3.05) is 5.75 Å². The van der Waals surface area contributed by atoms with E-state index in [4.69, 9.17) is 11.6 Å². The zero-order valence-electron chi connectivity index (χ0n) is 9.14. The van der Waals surface area contributed by atoms with Crippen LogP contribution < -0.4 is 0 Å². The number of nitrogens with zero attached hydrogens (tertiary/aromatic N) is 2. The van der Waals surface area contributed by atoms with Crippen LogP contribution in [0.2, 0.25) is 5.02 Å². The Morgan fingerprint density at radius 1 is 1.12 bits per heavy atom. The molecule has 0 fully saturated rings. The molecule has 2 rings (SSSR count). The summed E-state index contributed by atoms with van der Waals surface area (Å²) in [6, 6.07) is 7.63. The van der Waals surface area contributed by atoms with E-state index in [-0.39, 0.29) is 0 Å². The lowest BCUT2D eigenvalue weighted by molar-refractivity contribution is 0.972. The van der Waals surface area contributed by atoms with Gasteiger partial charge in [0.05, 0.1) is 0 Å². The molecule has 0 aliphatic rings. The van der Waals surface area contributed by atoms with Crippen molar-refractivity contribution >= 4 is 23.4 Å². The van der Waals surface area contributed by atoms with Gasteiger partial charge in [0.1, 0.15) is 0 Å². The summed E-state index contributed by atoms with van der Waals surface area (Å²) in [6.45, 7) is 3.66. The molecule has 0 atom stereocenters. The monoisotopic (exact) mass is 262 g/mol. The van der Waals surface area contributed by atoms with Gasteiger partial charge >= 0.3 is 0 Å². The normalized spacial score (nSPS) is 10.2. The number of aromatic nitrogens is 2. The average molecular weight is 263 g/mol. The van der Waals surface area contributed by atoms with E-state index in [0.29, 0.717) is 0 Å². The number of rotatable bonds is 4. The molecule has 0 saturated carbocycles. The first-order valence-electron chi connectivity index (χ1n) is 5.11. The Kier molecular flexibility index (Phi) is 4.18. The molecule has 0 aliphatic carbocycles. The predicted molar refractivity (Wildman–Crippen MR) is 73.4 cm³/mol. The van der Waals surface area contributed by atoms with Crippen LogP contribution in [-0.4, -0.2) is 15.7 Å². The van der Waals surface area contributed by atoms with Crippen LogP contribution in [0.25, 0.3) is 11.1 Å². The van der Waals surface area contributed by atoms with Gasteiger partial charge in [0.15, 0.2) is 5.16 Å². The van der Waals surface area contributed by atoms with Crippen LogP contribution in [0, 0.1) is 0 Å². The first-order chi connectivity index (χ1) is 8.29. The van der Waals surface area contributed by atoms with E-state index >= 15 is 0 Å². The van der Waals surface area contributed by atoms with Gasteiger partial charge in [-0.3, -0.25) is 0 Å². The molecule has 2 nitrogen and oxygen atoms in total. The lowest BCUT2D eigenvalue weighted by atomic mass is 10.1. The maximum Gasteiger partial charge on any atom is 0.187 e. The summed E-state index contributed by atoms with van der Waals surface area (Å²) in [6.07, 6.45) is 5.48. The van der Waals surface area contributed by atoms with Gasteiger partial charge in [0.2, 0.25) is 0 Å². The predicted octanol–water partition coefficient (Wildman–Crippen LogP) is 4.08. The third-order valence-electron chi connectivity index (χ3n) is 2.14. The van der Waals surface area contributed by atoms with Crippen LogP contribution in [0.5, 0.6) is 0 Å². The smallest absolute Gasteiger partial charge is 0.187 e. The maximum absolute atomic E-state index is 5.84. The number of benzene rings is 1. The van der Waals surface area contributed by atoms with Gasteiger partial charge in [-0.05, 0) is 17.7 Å². The lowest BCUT2D eigenvalue weighted by Gasteiger charge is -2.02. The van der Waals surface area contributed by atoms with Crippen LogP contribution >= 0.6 is 23.4 Å². The summed E-state index contributed by atoms with van der Waals surface area (Å²) in [5, 5.41) is 1.50. The topological polar surface area (TPSA) is 25.8 Å². The molecular weight excluding hydrogens is 252 g/mol. The molecule has 1 aromatic heterocycles. The van der Waals surface area contributed by atoms with E-state index < -0.39 is 0 Å². The highest BCUT2D eigenvalue weighted by Gasteiger charge is 2.00.